The molecule has 2 nitrogen and oxygen atoms in total. The van der Waals surface area contributed by atoms with E-state index < -0.39 is 0 Å². The second-order valence-corrected chi connectivity index (χ2v) is 10.4. The molecule has 0 radical (unpaired) electrons. The van der Waals surface area contributed by atoms with Gasteiger partial charge in [0, 0.05) is 5.41 Å². The number of fused-ring (bicyclic) bond motifs is 3. The lowest BCUT2D eigenvalue weighted by Crippen LogP contribution is -2.42. The summed E-state index contributed by atoms with van der Waals surface area (Å²) >= 11 is 0. The van der Waals surface area contributed by atoms with Crippen molar-refractivity contribution < 1.29 is 9.47 Å². The van der Waals surface area contributed by atoms with Crippen LogP contribution in [0.1, 0.15) is 70.3 Å². The fourth-order valence-electron chi connectivity index (χ4n) is 6.33. The molecule has 4 atom stereocenters. The highest BCUT2D eigenvalue weighted by atomic mass is 16.7. The van der Waals surface area contributed by atoms with Crippen LogP contribution in [-0.4, -0.2) is 12.9 Å². The highest BCUT2D eigenvalue weighted by Crippen LogP contribution is 2.49. The number of hydrogen-bond donors (Lipinski definition) is 0. The summed E-state index contributed by atoms with van der Waals surface area (Å²) in [5.41, 5.74) is 1.26. The zero-order chi connectivity index (χ0) is 20.6. The van der Waals surface area contributed by atoms with Crippen LogP contribution in [0.5, 0.6) is 5.75 Å². The predicted molar refractivity (Wildman–Crippen MR) is 125 cm³/mol. The van der Waals surface area contributed by atoms with Gasteiger partial charge in [0.15, 0.2) is 0 Å². The monoisotopic (exact) mass is 404 g/mol. The van der Waals surface area contributed by atoms with E-state index in [0.29, 0.717) is 0 Å². The molecular formula is C28H36O2. The van der Waals surface area contributed by atoms with Crippen LogP contribution in [-0.2, 0) is 4.74 Å². The Morgan fingerprint density at radius 1 is 1.03 bits per heavy atom. The van der Waals surface area contributed by atoms with Gasteiger partial charge in [-0.1, -0.05) is 63.5 Å². The number of hydrogen-bond acceptors (Lipinski definition) is 2. The highest BCUT2D eigenvalue weighted by molar-refractivity contribution is 5.85. The Balaban J connectivity index is 1.34. The van der Waals surface area contributed by atoms with Crippen molar-refractivity contribution in [3.05, 3.63) is 48.5 Å². The Kier molecular flexibility index (Phi) is 5.62. The molecular weight excluding hydrogens is 368 g/mol. The van der Waals surface area contributed by atoms with Crippen molar-refractivity contribution >= 4 is 16.8 Å². The van der Waals surface area contributed by atoms with Gasteiger partial charge in [0.2, 0.25) is 6.29 Å². The van der Waals surface area contributed by atoms with Crippen LogP contribution in [0, 0.1) is 23.2 Å². The summed E-state index contributed by atoms with van der Waals surface area (Å²) in [6.07, 6.45) is 13.7. The fourth-order valence-corrected chi connectivity index (χ4v) is 6.33. The van der Waals surface area contributed by atoms with Crippen LogP contribution in [0.25, 0.3) is 16.8 Å². The number of rotatable bonds is 7. The minimum absolute atomic E-state index is 0.109. The molecule has 0 aromatic heterocycles. The standard InChI is InChI=1S/C28H36O2/c1-3-20-7-9-24-18-26(12-11-22(24)15-20)30-27(28(2)13-5-4-6-14-28)29-19-25-17-21-8-10-23(25)16-21/h3,7,9,11-12,15,18,21,23,25,27H,1,4-6,8,10,13-14,16-17,19H2,2H3. The Labute approximate surface area is 181 Å². The first-order chi connectivity index (χ1) is 14.6. The first kappa shape index (κ1) is 20.1. The number of ether oxygens (including phenoxy) is 2. The minimum atomic E-state index is -0.151. The summed E-state index contributed by atoms with van der Waals surface area (Å²) in [4.78, 5) is 0. The van der Waals surface area contributed by atoms with Crippen molar-refractivity contribution in [3.8, 4) is 5.75 Å². The molecule has 2 heteroatoms. The molecule has 160 valence electrons. The predicted octanol–water partition coefficient (Wildman–Crippen LogP) is 7.61. The summed E-state index contributed by atoms with van der Waals surface area (Å²) in [6, 6.07) is 12.9. The third-order valence-corrected chi connectivity index (χ3v) is 8.23. The van der Waals surface area contributed by atoms with Gasteiger partial charge in [0.05, 0.1) is 6.61 Å². The van der Waals surface area contributed by atoms with E-state index in [2.05, 4.69) is 49.9 Å². The fraction of sp³-hybridized carbons (Fsp3) is 0.571. The minimum Gasteiger partial charge on any atom is -0.464 e. The van der Waals surface area contributed by atoms with Crippen LogP contribution in [0.3, 0.4) is 0 Å². The molecule has 2 aromatic carbocycles. The van der Waals surface area contributed by atoms with E-state index in [1.165, 1.54) is 68.6 Å². The van der Waals surface area contributed by atoms with Gasteiger partial charge in [-0.25, -0.2) is 0 Å². The third-order valence-electron chi connectivity index (χ3n) is 8.23. The lowest BCUT2D eigenvalue weighted by atomic mass is 9.75. The van der Waals surface area contributed by atoms with Gasteiger partial charge in [0.1, 0.15) is 5.75 Å². The van der Waals surface area contributed by atoms with Crippen molar-refractivity contribution in [1.82, 2.24) is 0 Å². The van der Waals surface area contributed by atoms with Gasteiger partial charge in [-0.2, -0.15) is 0 Å². The maximum Gasteiger partial charge on any atom is 0.205 e. The Morgan fingerprint density at radius 3 is 2.57 bits per heavy atom. The summed E-state index contributed by atoms with van der Waals surface area (Å²) in [5, 5.41) is 2.43. The average molecular weight is 405 g/mol. The smallest absolute Gasteiger partial charge is 0.205 e. The quantitative estimate of drug-likeness (QED) is 0.442. The normalized spacial score (nSPS) is 28.5. The molecule has 0 heterocycles. The highest BCUT2D eigenvalue weighted by Gasteiger charge is 2.42. The van der Waals surface area contributed by atoms with E-state index >= 15 is 0 Å². The lowest BCUT2D eigenvalue weighted by molar-refractivity contribution is -0.172. The number of benzene rings is 2. The Hall–Kier alpha value is -1.80. The van der Waals surface area contributed by atoms with Crippen molar-refractivity contribution in [2.75, 3.05) is 6.61 Å². The van der Waals surface area contributed by atoms with Gasteiger partial charge in [-0.15, -0.1) is 0 Å². The van der Waals surface area contributed by atoms with Gasteiger partial charge < -0.3 is 9.47 Å². The SMILES string of the molecule is C=Cc1ccc2cc(OC(OCC3CC4CCC3C4)C3(C)CCCCC3)ccc2c1. The first-order valence-corrected chi connectivity index (χ1v) is 12.1. The maximum atomic E-state index is 6.64. The van der Waals surface area contributed by atoms with Crippen molar-refractivity contribution in [3.63, 3.8) is 0 Å². The van der Waals surface area contributed by atoms with Crippen LogP contribution in [0.15, 0.2) is 43.0 Å². The van der Waals surface area contributed by atoms with E-state index in [0.717, 1.165) is 35.7 Å². The summed E-state index contributed by atoms with van der Waals surface area (Å²) in [6.45, 7) is 7.14. The molecule has 3 fully saturated rings. The third kappa shape index (κ3) is 4.04. The maximum absolute atomic E-state index is 6.64. The van der Waals surface area contributed by atoms with Crippen LogP contribution >= 0.6 is 0 Å². The van der Waals surface area contributed by atoms with Crippen molar-refractivity contribution in [1.29, 1.82) is 0 Å². The van der Waals surface area contributed by atoms with E-state index in [-0.39, 0.29) is 11.7 Å². The molecule has 0 N–H and O–H groups in total. The topological polar surface area (TPSA) is 18.5 Å². The van der Waals surface area contributed by atoms with Gasteiger partial charge in [0.25, 0.3) is 0 Å². The van der Waals surface area contributed by atoms with Gasteiger partial charge in [-0.3, -0.25) is 0 Å². The van der Waals surface area contributed by atoms with Gasteiger partial charge >= 0.3 is 0 Å². The van der Waals surface area contributed by atoms with Crippen molar-refractivity contribution in [2.45, 2.75) is 71.0 Å². The molecule has 4 unspecified atom stereocenters. The second-order valence-electron chi connectivity index (χ2n) is 10.4. The van der Waals surface area contributed by atoms with E-state index in [4.69, 9.17) is 9.47 Å². The molecule has 0 spiro atoms. The largest absolute Gasteiger partial charge is 0.464 e. The lowest BCUT2D eigenvalue weighted by Gasteiger charge is -2.40. The molecule has 3 aliphatic carbocycles. The molecule has 0 saturated heterocycles. The average Bonchev–Trinajstić information content (AvgIpc) is 3.40. The Bertz CT molecular complexity index is 895. The zero-order valence-electron chi connectivity index (χ0n) is 18.4. The van der Waals surface area contributed by atoms with Crippen molar-refractivity contribution in [2.24, 2.45) is 23.2 Å². The van der Waals surface area contributed by atoms with E-state index in [1.807, 2.05) is 6.08 Å². The van der Waals surface area contributed by atoms with Crippen LogP contribution in [0.4, 0.5) is 0 Å². The zero-order valence-corrected chi connectivity index (χ0v) is 18.4. The Morgan fingerprint density at radius 2 is 1.83 bits per heavy atom. The molecule has 3 saturated carbocycles. The molecule has 2 bridgehead atoms. The molecule has 30 heavy (non-hydrogen) atoms. The first-order valence-electron chi connectivity index (χ1n) is 12.1. The second kappa shape index (κ2) is 8.38. The molecule has 0 amide bonds. The van der Waals surface area contributed by atoms with Gasteiger partial charge in [-0.05, 0) is 84.4 Å². The summed E-state index contributed by atoms with van der Waals surface area (Å²) in [5.74, 6) is 3.54. The summed E-state index contributed by atoms with van der Waals surface area (Å²) < 4.78 is 13.3. The summed E-state index contributed by atoms with van der Waals surface area (Å²) in [7, 11) is 0. The van der Waals surface area contributed by atoms with E-state index in [1.54, 1.807) is 0 Å². The van der Waals surface area contributed by atoms with Crippen LogP contribution < -0.4 is 4.74 Å². The molecule has 2 aromatic rings. The molecule has 0 aliphatic heterocycles. The van der Waals surface area contributed by atoms with Crippen LogP contribution in [0.2, 0.25) is 0 Å². The molecule has 5 rings (SSSR count). The van der Waals surface area contributed by atoms with E-state index in [9.17, 15) is 0 Å². The molecule has 3 aliphatic rings.